The summed E-state index contributed by atoms with van der Waals surface area (Å²) in [5.41, 5.74) is 1.13. The fourth-order valence-electron chi connectivity index (χ4n) is 0.838. The van der Waals surface area contributed by atoms with Gasteiger partial charge in [0.25, 0.3) is 0 Å². The predicted molar refractivity (Wildman–Crippen MR) is 60.3 cm³/mol. The van der Waals surface area contributed by atoms with Crippen LogP contribution in [0.2, 0.25) is 0 Å². The lowest BCUT2D eigenvalue weighted by atomic mass is 10.3. The lowest BCUT2D eigenvalue weighted by molar-refractivity contribution is -0.136. The Morgan fingerprint density at radius 3 is 2.93 bits per heavy atom. The van der Waals surface area contributed by atoms with Crippen LogP contribution in [-0.4, -0.2) is 12.6 Å². The SMILES string of the molecule is CCOC(=O)C#CC#Cc1sccc1C. The fourth-order valence-corrected chi connectivity index (χ4v) is 1.61. The van der Waals surface area contributed by atoms with Gasteiger partial charge in [-0.15, -0.1) is 11.3 Å². The fraction of sp³-hybridized carbons (Fsp3) is 0.250. The van der Waals surface area contributed by atoms with E-state index in [-0.39, 0.29) is 0 Å². The molecule has 0 aromatic carbocycles. The summed E-state index contributed by atoms with van der Waals surface area (Å²) in [5.74, 6) is 9.70. The van der Waals surface area contributed by atoms with Crippen LogP contribution in [0.25, 0.3) is 0 Å². The molecule has 2 nitrogen and oxygen atoms in total. The maximum absolute atomic E-state index is 10.8. The second kappa shape index (κ2) is 5.90. The molecule has 0 aliphatic heterocycles. The molecule has 0 N–H and O–H groups in total. The summed E-state index contributed by atoms with van der Waals surface area (Å²) < 4.78 is 4.63. The van der Waals surface area contributed by atoms with E-state index < -0.39 is 5.97 Å². The van der Waals surface area contributed by atoms with Crippen LogP contribution in [0.5, 0.6) is 0 Å². The number of carbonyl (C=O) groups excluding carboxylic acids is 1. The summed E-state index contributed by atoms with van der Waals surface area (Å²) in [4.78, 5) is 11.8. The van der Waals surface area contributed by atoms with Gasteiger partial charge in [-0.2, -0.15) is 0 Å². The van der Waals surface area contributed by atoms with Gasteiger partial charge in [0.15, 0.2) is 0 Å². The van der Waals surface area contributed by atoms with Gasteiger partial charge >= 0.3 is 5.97 Å². The minimum absolute atomic E-state index is 0.338. The van der Waals surface area contributed by atoms with E-state index in [9.17, 15) is 4.79 Å². The third kappa shape index (κ3) is 3.89. The molecule has 0 fully saturated rings. The van der Waals surface area contributed by atoms with E-state index in [4.69, 9.17) is 0 Å². The van der Waals surface area contributed by atoms with Gasteiger partial charge < -0.3 is 4.74 Å². The van der Waals surface area contributed by atoms with Crippen LogP contribution in [0.15, 0.2) is 11.4 Å². The molecule has 0 saturated carbocycles. The van der Waals surface area contributed by atoms with Gasteiger partial charge in [0.2, 0.25) is 0 Å². The molecular formula is C12H10O2S. The van der Waals surface area contributed by atoms with Crippen molar-refractivity contribution in [1.29, 1.82) is 0 Å². The molecule has 0 saturated heterocycles. The van der Waals surface area contributed by atoms with Crippen molar-refractivity contribution in [1.82, 2.24) is 0 Å². The molecule has 1 aromatic heterocycles. The number of hydrogen-bond acceptors (Lipinski definition) is 3. The van der Waals surface area contributed by atoms with Gasteiger partial charge in [-0.3, -0.25) is 0 Å². The average molecular weight is 218 g/mol. The van der Waals surface area contributed by atoms with Crippen LogP contribution in [0, 0.1) is 30.6 Å². The summed E-state index contributed by atoms with van der Waals surface area (Å²) in [7, 11) is 0. The largest absolute Gasteiger partial charge is 0.456 e. The number of aryl methyl sites for hydroxylation is 1. The van der Waals surface area contributed by atoms with Crippen molar-refractivity contribution in [2.75, 3.05) is 6.61 Å². The number of carbonyl (C=O) groups is 1. The highest BCUT2D eigenvalue weighted by Gasteiger charge is 1.93. The van der Waals surface area contributed by atoms with Crippen molar-refractivity contribution in [3.63, 3.8) is 0 Å². The highest BCUT2D eigenvalue weighted by molar-refractivity contribution is 7.10. The first kappa shape index (κ1) is 11.4. The summed E-state index contributed by atoms with van der Waals surface area (Å²) in [6, 6.07) is 1.99. The van der Waals surface area contributed by atoms with Crippen LogP contribution in [0.1, 0.15) is 17.4 Å². The van der Waals surface area contributed by atoms with E-state index in [1.807, 2.05) is 18.4 Å². The Labute approximate surface area is 93.3 Å². The van der Waals surface area contributed by atoms with E-state index in [1.54, 1.807) is 18.3 Å². The van der Waals surface area contributed by atoms with E-state index in [0.29, 0.717) is 6.61 Å². The Balaban J connectivity index is 2.61. The van der Waals surface area contributed by atoms with Gasteiger partial charge in [0.1, 0.15) is 0 Å². The molecule has 0 bridgehead atoms. The molecule has 1 rings (SSSR count). The molecule has 0 aliphatic carbocycles. The van der Waals surface area contributed by atoms with Crippen molar-refractivity contribution in [3.05, 3.63) is 21.9 Å². The first-order chi connectivity index (χ1) is 7.24. The Morgan fingerprint density at radius 1 is 1.53 bits per heavy atom. The smallest absolute Gasteiger partial charge is 0.385 e. The number of esters is 1. The van der Waals surface area contributed by atoms with Crippen LogP contribution in [0.4, 0.5) is 0 Å². The Morgan fingerprint density at radius 2 is 2.33 bits per heavy atom. The second-order valence-corrected chi connectivity index (χ2v) is 3.57. The quantitative estimate of drug-likeness (QED) is 0.409. The van der Waals surface area contributed by atoms with Crippen LogP contribution in [0.3, 0.4) is 0 Å². The van der Waals surface area contributed by atoms with Crippen LogP contribution >= 0.6 is 11.3 Å². The average Bonchev–Trinajstić information content (AvgIpc) is 2.60. The molecule has 0 aliphatic rings. The third-order valence-corrected chi connectivity index (χ3v) is 2.47. The lowest BCUT2D eigenvalue weighted by Crippen LogP contribution is -1.99. The summed E-state index contributed by atoms with van der Waals surface area (Å²) in [5, 5.41) is 1.97. The summed E-state index contributed by atoms with van der Waals surface area (Å²) >= 11 is 1.56. The third-order valence-electron chi connectivity index (χ3n) is 1.54. The molecule has 3 heteroatoms. The van der Waals surface area contributed by atoms with Crippen LogP contribution in [-0.2, 0) is 9.53 Å². The Bertz CT molecular complexity index is 463. The number of rotatable bonds is 1. The number of hydrogen-bond donors (Lipinski definition) is 0. The van der Waals surface area contributed by atoms with Crippen molar-refractivity contribution < 1.29 is 9.53 Å². The van der Waals surface area contributed by atoms with Gasteiger partial charge in [-0.1, -0.05) is 0 Å². The normalized spacial score (nSPS) is 8.13. The minimum atomic E-state index is -0.533. The molecule has 0 spiro atoms. The zero-order valence-electron chi connectivity index (χ0n) is 8.59. The zero-order chi connectivity index (χ0) is 11.1. The number of ether oxygens (including phenoxy) is 1. The van der Waals surface area contributed by atoms with Gasteiger partial charge in [-0.25, -0.2) is 4.79 Å². The lowest BCUT2D eigenvalue weighted by Gasteiger charge is -1.89. The number of thiophene rings is 1. The van der Waals surface area contributed by atoms with E-state index in [0.717, 1.165) is 10.4 Å². The maximum atomic E-state index is 10.8. The highest BCUT2D eigenvalue weighted by Crippen LogP contribution is 2.12. The summed E-state index contributed by atoms with van der Waals surface area (Å²) in [6.07, 6.45) is 0. The molecule has 0 unspecified atom stereocenters. The van der Waals surface area contributed by atoms with Gasteiger partial charge in [-0.05, 0) is 48.6 Å². The molecule has 0 radical (unpaired) electrons. The highest BCUT2D eigenvalue weighted by atomic mass is 32.1. The van der Waals surface area contributed by atoms with Crippen LogP contribution < -0.4 is 0 Å². The molecular weight excluding hydrogens is 208 g/mol. The van der Waals surface area contributed by atoms with E-state index in [1.165, 1.54) is 0 Å². The standard InChI is InChI=1S/C12H10O2S/c1-3-14-12(13)7-5-4-6-11-10(2)8-9-15-11/h8-9H,3H2,1-2H3. The Hall–Kier alpha value is -1.71. The predicted octanol–water partition coefficient (Wildman–Crippen LogP) is 1.97. The van der Waals surface area contributed by atoms with Gasteiger partial charge in [0, 0.05) is 5.92 Å². The van der Waals surface area contributed by atoms with Crippen molar-refractivity contribution >= 4 is 17.3 Å². The Kier molecular flexibility index (Phi) is 4.47. The summed E-state index contributed by atoms with van der Waals surface area (Å²) in [6.45, 7) is 4.06. The monoisotopic (exact) mass is 218 g/mol. The molecule has 76 valence electrons. The topological polar surface area (TPSA) is 26.3 Å². The van der Waals surface area contributed by atoms with Crippen molar-refractivity contribution in [2.24, 2.45) is 0 Å². The first-order valence-electron chi connectivity index (χ1n) is 4.47. The molecule has 1 heterocycles. The van der Waals surface area contributed by atoms with Crippen molar-refractivity contribution in [3.8, 4) is 23.7 Å². The molecule has 0 atom stereocenters. The molecule has 0 amide bonds. The zero-order valence-corrected chi connectivity index (χ0v) is 9.40. The molecule has 15 heavy (non-hydrogen) atoms. The molecule has 1 aromatic rings. The second-order valence-electron chi connectivity index (χ2n) is 2.65. The minimum Gasteiger partial charge on any atom is -0.456 e. The van der Waals surface area contributed by atoms with Crippen molar-refractivity contribution in [2.45, 2.75) is 13.8 Å². The first-order valence-corrected chi connectivity index (χ1v) is 5.35. The maximum Gasteiger partial charge on any atom is 0.385 e. The van der Waals surface area contributed by atoms with Gasteiger partial charge in [0.05, 0.1) is 11.5 Å². The van der Waals surface area contributed by atoms with E-state index in [2.05, 4.69) is 28.4 Å². The van der Waals surface area contributed by atoms with E-state index >= 15 is 0 Å².